The smallest absolute Gasteiger partial charge is 0.145 e. The van der Waals surface area contributed by atoms with E-state index in [9.17, 15) is 10.5 Å². The highest BCUT2D eigenvalue weighted by atomic mass is 15.0. The zero-order valence-electron chi connectivity index (χ0n) is 22.4. The van der Waals surface area contributed by atoms with E-state index in [0.717, 1.165) is 66.2 Å². The highest BCUT2D eigenvalue weighted by Crippen LogP contribution is 2.36. The summed E-state index contributed by atoms with van der Waals surface area (Å²) in [5, 5.41) is 23.9. The van der Waals surface area contributed by atoms with Crippen LogP contribution in [0.1, 0.15) is 11.1 Å². The minimum atomic E-state index is 0.575. The molecular weight excluding hydrogens is 514 g/mol. The van der Waals surface area contributed by atoms with Crippen LogP contribution in [0.4, 0.5) is 0 Å². The van der Waals surface area contributed by atoms with E-state index in [1.807, 2.05) is 54.7 Å². The number of fused-ring (bicyclic) bond motifs is 6. The molecule has 0 saturated heterocycles. The van der Waals surface area contributed by atoms with Crippen LogP contribution in [0.2, 0.25) is 0 Å². The molecule has 0 bridgehead atoms. The molecule has 5 aromatic carbocycles. The molecule has 0 aliphatic heterocycles. The molecule has 3 heterocycles. The van der Waals surface area contributed by atoms with Crippen molar-refractivity contribution >= 4 is 43.7 Å². The quantitative estimate of drug-likeness (QED) is 0.227. The largest absolute Gasteiger partial charge is 0.309 e. The third kappa shape index (κ3) is 3.52. The van der Waals surface area contributed by atoms with Gasteiger partial charge in [0.2, 0.25) is 0 Å². The molecular formula is C37H21N5. The van der Waals surface area contributed by atoms with Crippen molar-refractivity contribution in [3.05, 3.63) is 139 Å². The lowest BCUT2D eigenvalue weighted by atomic mass is 10.0. The molecule has 8 aromatic rings. The van der Waals surface area contributed by atoms with Crippen molar-refractivity contribution in [2.24, 2.45) is 0 Å². The van der Waals surface area contributed by atoms with Gasteiger partial charge in [0.15, 0.2) is 0 Å². The molecule has 0 aliphatic rings. The number of rotatable bonds is 3. The van der Waals surface area contributed by atoms with Gasteiger partial charge in [-0.1, -0.05) is 48.5 Å². The summed E-state index contributed by atoms with van der Waals surface area (Å²) in [6.07, 6.45) is 1.83. The van der Waals surface area contributed by atoms with Gasteiger partial charge in [0, 0.05) is 39.1 Å². The van der Waals surface area contributed by atoms with Gasteiger partial charge in [-0.15, -0.1) is 0 Å². The molecule has 0 spiro atoms. The second-order valence-electron chi connectivity index (χ2n) is 10.4. The molecule has 194 valence electrons. The molecule has 0 N–H and O–H groups in total. The maximum absolute atomic E-state index is 10.1. The van der Waals surface area contributed by atoms with E-state index in [1.54, 1.807) is 0 Å². The Bertz CT molecular complexity index is 2390. The van der Waals surface area contributed by atoms with E-state index in [1.165, 1.54) is 0 Å². The molecule has 42 heavy (non-hydrogen) atoms. The molecule has 8 rings (SSSR count). The molecule has 0 radical (unpaired) electrons. The lowest BCUT2D eigenvalue weighted by molar-refractivity contribution is 1.14. The van der Waals surface area contributed by atoms with Crippen LogP contribution in [0, 0.1) is 22.7 Å². The average Bonchev–Trinajstić information content (AvgIpc) is 3.57. The molecule has 5 nitrogen and oxygen atoms in total. The van der Waals surface area contributed by atoms with Gasteiger partial charge in [0.25, 0.3) is 0 Å². The lowest BCUT2D eigenvalue weighted by Gasteiger charge is -2.13. The maximum Gasteiger partial charge on any atom is 0.145 e. The molecule has 0 fully saturated rings. The Morgan fingerprint density at radius 1 is 0.476 bits per heavy atom. The summed E-state index contributed by atoms with van der Waals surface area (Å²) in [5.74, 6) is 0. The molecule has 0 unspecified atom stereocenters. The summed E-state index contributed by atoms with van der Waals surface area (Å²) in [7, 11) is 0. The van der Waals surface area contributed by atoms with Crippen LogP contribution >= 0.6 is 0 Å². The summed E-state index contributed by atoms with van der Waals surface area (Å²) < 4.78 is 4.37. The van der Waals surface area contributed by atoms with Crippen LogP contribution in [0.3, 0.4) is 0 Å². The van der Waals surface area contributed by atoms with Crippen molar-refractivity contribution in [2.45, 2.75) is 0 Å². The minimum absolute atomic E-state index is 0.575. The highest BCUT2D eigenvalue weighted by Gasteiger charge is 2.16. The summed E-state index contributed by atoms with van der Waals surface area (Å²) >= 11 is 0. The van der Waals surface area contributed by atoms with Gasteiger partial charge in [-0.2, -0.15) is 10.5 Å². The predicted octanol–water partition coefficient (Wildman–Crippen LogP) is 8.69. The zero-order chi connectivity index (χ0) is 28.2. The number of benzene rings is 5. The number of nitrogens with zero attached hydrogens (tertiary/aromatic N) is 5. The van der Waals surface area contributed by atoms with E-state index in [2.05, 4.69) is 94.1 Å². The molecule has 0 atom stereocenters. The summed E-state index contributed by atoms with van der Waals surface area (Å²) in [6.45, 7) is 0. The standard InChI is InChI=1S/C37H21N5/c38-22-24-14-15-36-33(19-24)31-10-2-3-12-34(31)41(36)29-18-25(23-39)17-27(21-29)26-7-5-8-28(20-26)42-35-13-4-1-9-30(35)32-11-6-16-40-37(32)42/h1-21H. The Kier molecular flexibility index (Phi) is 5.19. The Hall–Kier alpha value is -6.17. The summed E-state index contributed by atoms with van der Waals surface area (Å²) in [5.41, 5.74) is 9.04. The lowest BCUT2D eigenvalue weighted by Crippen LogP contribution is -1.97. The topological polar surface area (TPSA) is 70.3 Å². The molecule has 0 amide bonds. The fourth-order valence-corrected chi connectivity index (χ4v) is 6.17. The van der Waals surface area contributed by atoms with Crippen LogP contribution in [-0.2, 0) is 0 Å². The summed E-state index contributed by atoms with van der Waals surface area (Å²) in [6, 6.07) is 45.4. The van der Waals surface area contributed by atoms with Crippen LogP contribution < -0.4 is 0 Å². The summed E-state index contributed by atoms with van der Waals surface area (Å²) in [4.78, 5) is 4.74. The third-order valence-electron chi connectivity index (χ3n) is 7.98. The fourth-order valence-electron chi connectivity index (χ4n) is 6.17. The van der Waals surface area contributed by atoms with Gasteiger partial charge < -0.3 is 4.57 Å². The van der Waals surface area contributed by atoms with E-state index < -0.39 is 0 Å². The van der Waals surface area contributed by atoms with Crippen molar-refractivity contribution in [2.75, 3.05) is 0 Å². The van der Waals surface area contributed by atoms with Crippen molar-refractivity contribution < 1.29 is 0 Å². The van der Waals surface area contributed by atoms with Crippen LogP contribution in [-0.4, -0.2) is 14.1 Å². The Morgan fingerprint density at radius 3 is 1.98 bits per heavy atom. The molecule has 0 saturated carbocycles. The highest BCUT2D eigenvalue weighted by molar-refractivity contribution is 6.10. The third-order valence-corrected chi connectivity index (χ3v) is 7.98. The number of pyridine rings is 1. The van der Waals surface area contributed by atoms with Gasteiger partial charge >= 0.3 is 0 Å². The first-order chi connectivity index (χ1) is 20.7. The van der Waals surface area contributed by atoms with Crippen molar-refractivity contribution in [1.29, 1.82) is 10.5 Å². The monoisotopic (exact) mass is 535 g/mol. The van der Waals surface area contributed by atoms with Gasteiger partial charge in [-0.25, -0.2) is 4.98 Å². The first kappa shape index (κ1) is 23.7. The van der Waals surface area contributed by atoms with Gasteiger partial charge in [-0.3, -0.25) is 4.57 Å². The number of aromatic nitrogens is 3. The van der Waals surface area contributed by atoms with Crippen molar-refractivity contribution in [1.82, 2.24) is 14.1 Å². The second kappa shape index (κ2) is 9.20. The Morgan fingerprint density at radius 2 is 1.17 bits per heavy atom. The minimum Gasteiger partial charge on any atom is -0.309 e. The van der Waals surface area contributed by atoms with Crippen molar-refractivity contribution in [3.63, 3.8) is 0 Å². The van der Waals surface area contributed by atoms with Crippen LogP contribution in [0.5, 0.6) is 0 Å². The van der Waals surface area contributed by atoms with Crippen molar-refractivity contribution in [3.8, 4) is 34.6 Å². The van der Waals surface area contributed by atoms with E-state index in [0.29, 0.717) is 11.1 Å². The SMILES string of the molecule is N#Cc1cc(-c2cccc(-n3c4ccccc4c4cccnc43)c2)cc(-n2c3ccccc3c3cc(C#N)ccc32)c1. The Labute approximate surface area is 241 Å². The number of hydrogen-bond acceptors (Lipinski definition) is 3. The normalized spacial score (nSPS) is 11.3. The van der Waals surface area contributed by atoms with E-state index in [-0.39, 0.29) is 0 Å². The van der Waals surface area contributed by atoms with Gasteiger partial charge in [0.1, 0.15) is 5.65 Å². The fraction of sp³-hybridized carbons (Fsp3) is 0. The predicted molar refractivity (Wildman–Crippen MR) is 168 cm³/mol. The number of nitriles is 2. The van der Waals surface area contributed by atoms with Crippen LogP contribution in [0.15, 0.2) is 128 Å². The second-order valence-corrected chi connectivity index (χ2v) is 10.4. The van der Waals surface area contributed by atoms with Gasteiger partial charge in [0.05, 0.1) is 39.8 Å². The molecule has 0 aliphatic carbocycles. The van der Waals surface area contributed by atoms with E-state index in [4.69, 9.17) is 4.98 Å². The Balaban J connectivity index is 1.35. The molecule has 3 aromatic heterocycles. The average molecular weight is 536 g/mol. The van der Waals surface area contributed by atoms with Gasteiger partial charge in [-0.05, 0) is 83.9 Å². The number of hydrogen-bond donors (Lipinski definition) is 0. The first-order valence-electron chi connectivity index (χ1n) is 13.7. The molecule has 5 heteroatoms. The zero-order valence-corrected chi connectivity index (χ0v) is 22.4. The van der Waals surface area contributed by atoms with Crippen LogP contribution in [0.25, 0.3) is 66.2 Å². The van der Waals surface area contributed by atoms with E-state index >= 15 is 0 Å². The number of para-hydroxylation sites is 2. The first-order valence-corrected chi connectivity index (χ1v) is 13.7. The maximum atomic E-state index is 10.1.